The second kappa shape index (κ2) is 5.78. The number of rotatable bonds is 2. The second-order valence-electron chi connectivity index (χ2n) is 4.48. The third kappa shape index (κ3) is 2.79. The number of nitrogens with zero attached hydrogens (tertiary/aromatic N) is 3. The van der Waals surface area contributed by atoms with Crippen molar-refractivity contribution in [2.75, 3.05) is 5.73 Å². The molecule has 110 valence electrons. The molecule has 6 nitrogen and oxygen atoms in total. The van der Waals surface area contributed by atoms with Gasteiger partial charge >= 0.3 is 0 Å². The van der Waals surface area contributed by atoms with E-state index in [0.717, 1.165) is 11.2 Å². The Morgan fingerprint density at radius 3 is 2.57 bits per heavy atom. The number of carbonyl (C=O) groups is 1. The second-order valence-corrected chi connectivity index (χ2v) is 4.48. The molecule has 0 aromatic carbocycles. The van der Waals surface area contributed by atoms with Gasteiger partial charge in [0.05, 0.1) is 16.9 Å². The normalized spacial score (nSPS) is 10.3. The van der Waals surface area contributed by atoms with E-state index in [0.29, 0.717) is 22.9 Å². The Labute approximate surface area is 123 Å². The lowest BCUT2D eigenvalue weighted by atomic mass is 10.3. The number of hydrogen-bond donors (Lipinski definition) is 2. The Morgan fingerprint density at radius 2 is 2.00 bits per heavy atom. The summed E-state index contributed by atoms with van der Waals surface area (Å²) >= 11 is 0. The zero-order valence-electron chi connectivity index (χ0n) is 12.6. The average molecular weight is 285 g/mol. The van der Waals surface area contributed by atoms with Crippen LogP contribution in [-0.4, -0.2) is 25.3 Å². The molecule has 3 N–H and O–H groups in total. The highest BCUT2D eigenvalue weighted by molar-refractivity contribution is 5.94. The molecule has 6 heteroatoms. The van der Waals surface area contributed by atoms with Gasteiger partial charge in [0, 0.05) is 20.2 Å². The van der Waals surface area contributed by atoms with E-state index in [2.05, 4.69) is 15.0 Å². The van der Waals surface area contributed by atoms with E-state index in [1.807, 2.05) is 43.8 Å². The van der Waals surface area contributed by atoms with Gasteiger partial charge in [-0.05, 0) is 18.2 Å². The van der Waals surface area contributed by atoms with Crippen LogP contribution in [0.5, 0.6) is 0 Å². The van der Waals surface area contributed by atoms with E-state index in [4.69, 9.17) is 5.73 Å². The number of ketones is 1. The minimum atomic E-state index is -0.0745. The van der Waals surface area contributed by atoms with Crippen molar-refractivity contribution in [1.29, 1.82) is 0 Å². The highest BCUT2D eigenvalue weighted by Gasteiger charge is 2.11. The molecule has 0 unspecified atom stereocenters. The van der Waals surface area contributed by atoms with Crippen molar-refractivity contribution in [3.8, 4) is 11.5 Å². The predicted molar refractivity (Wildman–Crippen MR) is 84.1 cm³/mol. The number of aromatic nitrogens is 4. The van der Waals surface area contributed by atoms with Crippen molar-refractivity contribution in [1.82, 2.24) is 19.5 Å². The Morgan fingerprint density at radius 1 is 1.29 bits per heavy atom. The number of Topliss-reactive ketones (excluding diaryl/α,β-unsaturated/α-hetero) is 1. The van der Waals surface area contributed by atoms with Crippen LogP contribution in [0.1, 0.15) is 31.3 Å². The number of carbonyl (C=O) groups excluding carboxylic acids is 1. The number of anilines is 1. The maximum Gasteiger partial charge on any atom is 0.178 e. The highest BCUT2D eigenvalue weighted by Crippen LogP contribution is 2.22. The number of imidazole rings is 1. The first kappa shape index (κ1) is 14.8. The van der Waals surface area contributed by atoms with Gasteiger partial charge in [-0.1, -0.05) is 13.8 Å². The smallest absolute Gasteiger partial charge is 0.178 e. The molecular weight excluding hydrogens is 266 g/mol. The van der Waals surface area contributed by atoms with Gasteiger partial charge < -0.3 is 15.3 Å². The third-order valence-electron chi connectivity index (χ3n) is 2.98. The van der Waals surface area contributed by atoms with E-state index >= 15 is 0 Å². The molecule has 0 aliphatic carbocycles. The maximum atomic E-state index is 11.3. The molecule has 0 amide bonds. The van der Waals surface area contributed by atoms with Crippen LogP contribution in [-0.2, 0) is 7.05 Å². The summed E-state index contributed by atoms with van der Waals surface area (Å²) in [7, 11) is 1.90. The number of aromatic amines is 1. The monoisotopic (exact) mass is 285 g/mol. The summed E-state index contributed by atoms with van der Waals surface area (Å²) in [5, 5.41) is 0. The number of nitrogens with two attached hydrogens (primary N) is 1. The Hall–Kier alpha value is -2.63. The van der Waals surface area contributed by atoms with Gasteiger partial charge in [0.1, 0.15) is 5.69 Å². The Bertz CT molecular complexity index is 785. The zero-order valence-corrected chi connectivity index (χ0v) is 12.6. The largest absolute Gasteiger partial charge is 0.397 e. The van der Waals surface area contributed by atoms with Crippen molar-refractivity contribution >= 4 is 22.6 Å². The molecule has 3 aromatic heterocycles. The van der Waals surface area contributed by atoms with Crippen LogP contribution in [0.25, 0.3) is 22.7 Å². The van der Waals surface area contributed by atoms with Crippen LogP contribution in [0.3, 0.4) is 0 Å². The van der Waals surface area contributed by atoms with Crippen LogP contribution < -0.4 is 5.73 Å². The number of nitrogens with one attached hydrogen (secondary N) is 1. The first-order chi connectivity index (χ1) is 10.0. The third-order valence-corrected chi connectivity index (χ3v) is 2.98. The van der Waals surface area contributed by atoms with Crippen LogP contribution in [0, 0.1) is 0 Å². The quantitative estimate of drug-likeness (QED) is 0.708. The minimum Gasteiger partial charge on any atom is -0.397 e. The molecule has 3 rings (SSSR count). The molecule has 0 aliphatic heterocycles. The SMILES string of the molecule is CC.CC(=O)c1ccc2[nH]c(-c3cc(N)cn3C)nc2n1. The molecule has 21 heavy (non-hydrogen) atoms. The molecule has 0 saturated heterocycles. The van der Waals surface area contributed by atoms with Crippen LogP contribution in [0.2, 0.25) is 0 Å². The number of aryl methyl sites for hydroxylation is 1. The summed E-state index contributed by atoms with van der Waals surface area (Å²) in [5.74, 6) is 0.608. The van der Waals surface area contributed by atoms with Crippen molar-refractivity contribution in [2.45, 2.75) is 20.8 Å². The number of H-pyrrole nitrogens is 1. The summed E-state index contributed by atoms with van der Waals surface area (Å²) in [6, 6.07) is 5.33. The lowest BCUT2D eigenvalue weighted by Gasteiger charge is -1.96. The predicted octanol–water partition coefficient (Wildman–Crippen LogP) is 2.77. The van der Waals surface area contributed by atoms with Gasteiger partial charge in [-0.3, -0.25) is 4.79 Å². The molecule has 3 aromatic rings. The van der Waals surface area contributed by atoms with E-state index in [1.54, 1.807) is 6.07 Å². The van der Waals surface area contributed by atoms with E-state index in [1.165, 1.54) is 6.92 Å². The molecule has 0 atom stereocenters. The van der Waals surface area contributed by atoms with Gasteiger partial charge in [-0.2, -0.15) is 0 Å². The molecular formula is C15H19N5O. The standard InChI is InChI=1S/C13H13N5O.C2H6/c1-7(19)9-3-4-10-12(15-9)17-13(16-10)11-5-8(14)6-18(11)2;1-2/h3-6H,14H2,1-2H3,(H,15,16,17);1-2H3. The fraction of sp³-hybridized carbons (Fsp3) is 0.267. The summed E-state index contributed by atoms with van der Waals surface area (Å²) in [6.45, 7) is 5.49. The number of fused-ring (bicyclic) bond motifs is 1. The van der Waals surface area contributed by atoms with Crippen LogP contribution in [0.4, 0.5) is 5.69 Å². The summed E-state index contributed by atoms with van der Waals surface area (Å²) in [6.07, 6.45) is 1.82. The first-order valence-corrected chi connectivity index (χ1v) is 6.84. The van der Waals surface area contributed by atoms with E-state index < -0.39 is 0 Å². The molecule has 0 fully saturated rings. The Balaban J connectivity index is 0.000000774. The summed E-state index contributed by atoms with van der Waals surface area (Å²) < 4.78 is 1.89. The first-order valence-electron chi connectivity index (χ1n) is 6.84. The van der Waals surface area contributed by atoms with Gasteiger partial charge in [0.2, 0.25) is 0 Å². The van der Waals surface area contributed by atoms with Gasteiger partial charge in [0.15, 0.2) is 17.3 Å². The van der Waals surface area contributed by atoms with E-state index in [9.17, 15) is 4.79 Å². The molecule has 0 radical (unpaired) electrons. The van der Waals surface area contributed by atoms with Crippen molar-refractivity contribution in [3.05, 3.63) is 30.1 Å². The summed E-state index contributed by atoms with van der Waals surface area (Å²) in [4.78, 5) is 23.1. The Kier molecular flexibility index (Phi) is 4.07. The highest BCUT2D eigenvalue weighted by atomic mass is 16.1. The van der Waals surface area contributed by atoms with Crippen molar-refractivity contribution < 1.29 is 4.79 Å². The topological polar surface area (TPSA) is 89.6 Å². The van der Waals surface area contributed by atoms with Crippen molar-refractivity contribution in [2.24, 2.45) is 7.05 Å². The fourth-order valence-electron chi connectivity index (χ4n) is 2.04. The van der Waals surface area contributed by atoms with Crippen LogP contribution in [0.15, 0.2) is 24.4 Å². The molecule has 0 spiro atoms. The lowest BCUT2D eigenvalue weighted by molar-refractivity contribution is 0.101. The molecule has 0 bridgehead atoms. The minimum absolute atomic E-state index is 0.0745. The van der Waals surface area contributed by atoms with Gasteiger partial charge in [-0.15, -0.1) is 0 Å². The molecule has 3 heterocycles. The summed E-state index contributed by atoms with van der Waals surface area (Å²) in [5.41, 5.74) is 9.04. The molecule has 0 aliphatic rings. The van der Waals surface area contributed by atoms with E-state index in [-0.39, 0.29) is 5.78 Å². The molecule has 0 saturated carbocycles. The number of hydrogen-bond acceptors (Lipinski definition) is 4. The average Bonchev–Trinajstić information content (AvgIpc) is 3.02. The van der Waals surface area contributed by atoms with Gasteiger partial charge in [-0.25, -0.2) is 9.97 Å². The van der Waals surface area contributed by atoms with Gasteiger partial charge in [0.25, 0.3) is 0 Å². The van der Waals surface area contributed by atoms with Crippen LogP contribution >= 0.6 is 0 Å². The lowest BCUT2D eigenvalue weighted by Crippen LogP contribution is -1.95. The zero-order chi connectivity index (χ0) is 15.6. The van der Waals surface area contributed by atoms with Crippen molar-refractivity contribution in [3.63, 3.8) is 0 Å². The maximum absolute atomic E-state index is 11.3. The number of nitrogen functional groups attached to an aromatic ring is 1. The number of pyridine rings is 1. The fourth-order valence-corrected chi connectivity index (χ4v) is 2.04.